The molecule has 8 heteroatoms. The van der Waals surface area contributed by atoms with Crippen LogP contribution >= 0.6 is 0 Å². The van der Waals surface area contributed by atoms with Gasteiger partial charge in [-0.2, -0.15) is 0 Å². The van der Waals surface area contributed by atoms with Crippen LogP contribution in [0, 0.1) is 17.5 Å². The number of benzene rings is 1. The van der Waals surface area contributed by atoms with E-state index in [1.165, 1.54) is 6.92 Å². The van der Waals surface area contributed by atoms with Crippen molar-refractivity contribution in [3.8, 4) is 0 Å². The Hall–Kier alpha value is -1.12. The van der Waals surface area contributed by atoms with Crippen molar-refractivity contribution < 1.29 is 26.7 Å². The van der Waals surface area contributed by atoms with Gasteiger partial charge in [-0.1, -0.05) is 0 Å². The van der Waals surface area contributed by atoms with Crippen LogP contribution in [0.5, 0.6) is 0 Å². The maximum absolute atomic E-state index is 13.2. The molecule has 2 N–H and O–H groups in total. The number of nitrogens with one attached hydrogen (secondary N) is 1. The first kappa shape index (κ1) is 13.9. The zero-order valence-electron chi connectivity index (χ0n) is 8.75. The molecule has 0 saturated carbocycles. The molecule has 96 valence electrons. The van der Waals surface area contributed by atoms with E-state index < -0.39 is 38.5 Å². The minimum absolute atomic E-state index is 0.360. The number of hydrogen-bond acceptors (Lipinski definition) is 3. The average molecular weight is 269 g/mol. The molecule has 4 nitrogen and oxygen atoms in total. The summed E-state index contributed by atoms with van der Waals surface area (Å²) < 4.78 is 63.4. The molecule has 1 unspecified atom stereocenters. The molecule has 1 aromatic rings. The van der Waals surface area contributed by atoms with Crippen LogP contribution in [0.3, 0.4) is 0 Å². The van der Waals surface area contributed by atoms with Crippen LogP contribution in [0.25, 0.3) is 0 Å². The van der Waals surface area contributed by atoms with E-state index in [2.05, 4.69) is 0 Å². The minimum Gasteiger partial charge on any atom is -0.392 e. The van der Waals surface area contributed by atoms with Gasteiger partial charge < -0.3 is 5.11 Å². The largest absolute Gasteiger partial charge is 0.392 e. The van der Waals surface area contributed by atoms with E-state index in [9.17, 15) is 21.6 Å². The molecule has 0 amide bonds. The maximum Gasteiger partial charge on any atom is 0.243 e. The van der Waals surface area contributed by atoms with E-state index in [-0.39, 0.29) is 6.54 Å². The van der Waals surface area contributed by atoms with Crippen molar-refractivity contribution >= 4 is 10.0 Å². The van der Waals surface area contributed by atoms with Gasteiger partial charge in [0.2, 0.25) is 10.0 Å². The first-order valence-electron chi connectivity index (χ1n) is 4.57. The first-order valence-corrected chi connectivity index (χ1v) is 6.05. The molecule has 0 aromatic heterocycles. The molecule has 17 heavy (non-hydrogen) atoms. The highest BCUT2D eigenvalue weighted by atomic mass is 32.2. The Labute approximate surface area is 96.1 Å². The van der Waals surface area contributed by atoms with E-state index in [1.807, 2.05) is 4.72 Å². The summed E-state index contributed by atoms with van der Waals surface area (Å²) in [5.74, 6) is -5.12. The Bertz CT molecular complexity index is 516. The minimum atomic E-state index is -4.32. The van der Waals surface area contributed by atoms with Crippen molar-refractivity contribution in [2.75, 3.05) is 6.54 Å². The highest BCUT2D eigenvalue weighted by Crippen LogP contribution is 2.19. The van der Waals surface area contributed by atoms with Crippen molar-refractivity contribution in [2.45, 2.75) is 17.9 Å². The number of hydrogen-bond donors (Lipinski definition) is 2. The molecule has 0 aliphatic rings. The van der Waals surface area contributed by atoms with Crippen LogP contribution in [0.2, 0.25) is 0 Å². The molecule has 0 aliphatic heterocycles. The Kier molecular flexibility index (Phi) is 4.12. The lowest BCUT2D eigenvalue weighted by Crippen LogP contribution is -2.31. The van der Waals surface area contributed by atoms with E-state index in [1.54, 1.807) is 0 Å². The SMILES string of the molecule is CC(O)CNS(=O)(=O)c1ccc(F)c(F)c1F. The summed E-state index contributed by atoms with van der Waals surface area (Å²) in [6, 6.07) is 1.12. The van der Waals surface area contributed by atoms with Crippen molar-refractivity contribution in [3.05, 3.63) is 29.6 Å². The van der Waals surface area contributed by atoms with Crippen LogP contribution in [0.1, 0.15) is 6.92 Å². The lowest BCUT2D eigenvalue weighted by molar-refractivity contribution is 0.198. The lowest BCUT2D eigenvalue weighted by Gasteiger charge is -2.09. The second-order valence-electron chi connectivity index (χ2n) is 3.37. The van der Waals surface area contributed by atoms with E-state index in [0.29, 0.717) is 12.1 Å². The van der Waals surface area contributed by atoms with Gasteiger partial charge in [0, 0.05) is 6.54 Å². The van der Waals surface area contributed by atoms with Gasteiger partial charge in [0.1, 0.15) is 4.90 Å². The summed E-state index contributed by atoms with van der Waals surface area (Å²) in [5, 5.41) is 8.88. The van der Waals surface area contributed by atoms with Gasteiger partial charge in [0.15, 0.2) is 17.5 Å². The Morgan fingerprint density at radius 1 is 1.29 bits per heavy atom. The van der Waals surface area contributed by atoms with Gasteiger partial charge in [-0.3, -0.25) is 0 Å². The summed E-state index contributed by atoms with van der Waals surface area (Å²) in [6.45, 7) is 0.949. The number of aliphatic hydroxyl groups is 1. The predicted octanol–water partition coefficient (Wildman–Crippen LogP) is 0.763. The highest BCUT2D eigenvalue weighted by Gasteiger charge is 2.23. The lowest BCUT2D eigenvalue weighted by atomic mass is 10.3. The quantitative estimate of drug-likeness (QED) is 0.793. The van der Waals surface area contributed by atoms with Gasteiger partial charge in [0.25, 0.3) is 0 Å². The van der Waals surface area contributed by atoms with Crippen LogP contribution < -0.4 is 4.72 Å². The van der Waals surface area contributed by atoms with E-state index in [0.717, 1.165) is 0 Å². The molecule has 0 fully saturated rings. The van der Waals surface area contributed by atoms with Gasteiger partial charge in [-0.15, -0.1) is 0 Å². The average Bonchev–Trinajstić information content (AvgIpc) is 2.23. The molecule has 0 heterocycles. The molecule has 1 atom stereocenters. The molecule has 0 saturated heterocycles. The second kappa shape index (κ2) is 5.03. The van der Waals surface area contributed by atoms with Crippen LogP contribution in [0.4, 0.5) is 13.2 Å². The van der Waals surface area contributed by atoms with Crippen molar-refractivity contribution in [1.82, 2.24) is 4.72 Å². The molecule has 1 aromatic carbocycles. The van der Waals surface area contributed by atoms with E-state index >= 15 is 0 Å². The van der Waals surface area contributed by atoms with Crippen molar-refractivity contribution in [3.63, 3.8) is 0 Å². The summed E-state index contributed by atoms with van der Waals surface area (Å²) in [5.41, 5.74) is 0. The second-order valence-corrected chi connectivity index (χ2v) is 5.11. The maximum atomic E-state index is 13.2. The number of rotatable bonds is 4. The third kappa shape index (κ3) is 3.18. The third-order valence-electron chi connectivity index (χ3n) is 1.86. The first-order chi connectivity index (χ1) is 7.75. The van der Waals surface area contributed by atoms with Crippen molar-refractivity contribution in [1.29, 1.82) is 0 Å². The Balaban J connectivity index is 3.12. The molecule has 0 spiro atoms. The van der Waals surface area contributed by atoms with Crippen LogP contribution in [0.15, 0.2) is 17.0 Å². The van der Waals surface area contributed by atoms with Gasteiger partial charge >= 0.3 is 0 Å². The number of sulfonamides is 1. The molecule has 0 bridgehead atoms. The highest BCUT2D eigenvalue weighted by molar-refractivity contribution is 7.89. The summed E-state index contributed by atoms with van der Waals surface area (Å²) in [4.78, 5) is -1.00. The third-order valence-corrected chi connectivity index (χ3v) is 3.30. The van der Waals surface area contributed by atoms with Crippen LogP contribution in [-0.2, 0) is 10.0 Å². The number of aliphatic hydroxyl groups excluding tert-OH is 1. The van der Waals surface area contributed by atoms with Gasteiger partial charge in [-0.25, -0.2) is 26.3 Å². The molecule has 0 radical (unpaired) electrons. The van der Waals surface area contributed by atoms with Crippen molar-refractivity contribution in [2.24, 2.45) is 0 Å². The predicted molar refractivity (Wildman–Crippen MR) is 53.2 cm³/mol. The van der Waals surface area contributed by atoms with E-state index in [4.69, 9.17) is 5.11 Å². The topological polar surface area (TPSA) is 66.4 Å². The molecular weight excluding hydrogens is 259 g/mol. The molecular formula is C9H10F3NO3S. The Morgan fingerprint density at radius 3 is 2.41 bits per heavy atom. The zero-order chi connectivity index (χ0) is 13.2. The Morgan fingerprint density at radius 2 is 1.88 bits per heavy atom. The fourth-order valence-corrected chi connectivity index (χ4v) is 2.21. The standard InChI is InChI=1S/C9H10F3NO3S/c1-5(14)4-13-17(15,16)7-3-2-6(10)8(11)9(7)12/h2-3,5,13-14H,4H2,1H3. The fraction of sp³-hybridized carbons (Fsp3) is 0.333. The monoisotopic (exact) mass is 269 g/mol. The summed E-state index contributed by atoms with van der Waals surface area (Å²) in [7, 11) is -4.32. The normalized spacial score (nSPS) is 13.7. The smallest absolute Gasteiger partial charge is 0.243 e. The number of halogens is 3. The van der Waals surface area contributed by atoms with Gasteiger partial charge in [0.05, 0.1) is 6.10 Å². The fourth-order valence-electron chi connectivity index (χ4n) is 1.02. The molecule has 0 aliphatic carbocycles. The van der Waals surface area contributed by atoms with Gasteiger partial charge in [-0.05, 0) is 19.1 Å². The zero-order valence-corrected chi connectivity index (χ0v) is 9.56. The summed E-state index contributed by atoms with van der Waals surface area (Å²) in [6.07, 6.45) is -0.988. The molecule has 1 rings (SSSR count). The summed E-state index contributed by atoms with van der Waals surface area (Å²) >= 11 is 0. The van der Waals surface area contributed by atoms with Crippen LogP contribution in [-0.4, -0.2) is 26.2 Å².